The molecule has 0 spiro atoms. The molecule has 1 aromatic carbocycles. The van der Waals surface area contributed by atoms with E-state index in [0.717, 1.165) is 24.9 Å². The lowest BCUT2D eigenvalue weighted by atomic mass is 10.1. The van der Waals surface area contributed by atoms with Crippen molar-refractivity contribution in [3.8, 4) is 5.75 Å². The summed E-state index contributed by atoms with van der Waals surface area (Å²) in [5.41, 5.74) is 6.27. The van der Waals surface area contributed by atoms with Crippen LogP contribution in [0.5, 0.6) is 5.75 Å². The van der Waals surface area contributed by atoms with Crippen LogP contribution in [0.1, 0.15) is 38.3 Å². The molecule has 0 aliphatic rings. The molecule has 0 aliphatic heterocycles. The fourth-order valence-electron chi connectivity index (χ4n) is 1.97. The molecule has 1 rings (SSSR count). The Balaban J connectivity index is 2.79. The third-order valence-electron chi connectivity index (χ3n) is 3.06. The Hall–Kier alpha value is -1.55. The first-order valence-corrected chi connectivity index (χ1v) is 6.36. The van der Waals surface area contributed by atoms with Crippen LogP contribution < -0.4 is 5.73 Å². The van der Waals surface area contributed by atoms with Gasteiger partial charge in [-0.1, -0.05) is 25.5 Å². The fourth-order valence-corrected chi connectivity index (χ4v) is 1.97. The molecule has 18 heavy (non-hydrogen) atoms. The first-order chi connectivity index (χ1) is 8.54. The molecule has 0 saturated heterocycles. The van der Waals surface area contributed by atoms with Crippen molar-refractivity contribution in [2.75, 3.05) is 13.1 Å². The zero-order valence-electron chi connectivity index (χ0n) is 11.1. The number of phenolic OH excluding ortho intramolecular Hbond substituents is 1. The number of carbonyl (C=O) groups is 1. The second-order valence-corrected chi connectivity index (χ2v) is 4.56. The molecule has 3 N–H and O–H groups in total. The Morgan fingerprint density at radius 2 is 2.22 bits per heavy atom. The van der Waals surface area contributed by atoms with E-state index in [9.17, 15) is 9.90 Å². The van der Waals surface area contributed by atoms with E-state index in [2.05, 4.69) is 6.92 Å². The minimum Gasteiger partial charge on any atom is -0.508 e. The number of nitrogens with zero attached hydrogens (tertiary/aromatic N) is 1. The van der Waals surface area contributed by atoms with E-state index < -0.39 is 0 Å². The molecule has 100 valence electrons. The number of nitrogens with two attached hydrogens (primary N) is 1. The monoisotopic (exact) mass is 250 g/mol. The van der Waals surface area contributed by atoms with Crippen molar-refractivity contribution >= 4 is 5.91 Å². The van der Waals surface area contributed by atoms with Crippen LogP contribution in [0, 0.1) is 0 Å². The molecule has 1 unspecified atom stereocenters. The highest BCUT2D eigenvalue weighted by Gasteiger charge is 2.17. The lowest BCUT2D eigenvalue weighted by Gasteiger charge is -2.28. The van der Waals surface area contributed by atoms with Crippen molar-refractivity contribution in [3.63, 3.8) is 0 Å². The minimum absolute atomic E-state index is 0.0659. The number of hydrogen-bond donors (Lipinski definition) is 2. The predicted molar refractivity (Wildman–Crippen MR) is 72.2 cm³/mol. The summed E-state index contributed by atoms with van der Waals surface area (Å²) in [6, 6.07) is 7.19. The molecule has 4 nitrogen and oxygen atoms in total. The van der Waals surface area contributed by atoms with Crippen molar-refractivity contribution in [1.29, 1.82) is 0 Å². The number of unbranched alkanes of at least 4 members (excludes halogenated alkanes) is 1. The smallest absolute Gasteiger partial charge is 0.231 e. The molecule has 0 aromatic heterocycles. The number of rotatable bonds is 7. The standard InChI is InChI=1S/C14H22N2O2/c1-3-4-8-16(10-14(15)18)11(2)12-6-5-7-13(17)9-12/h5-7,9,11,17H,3-4,8,10H2,1-2H3,(H2,15,18). The Bertz CT molecular complexity index is 393. The van der Waals surface area contributed by atoms with Crippen LogP contribution in [0.15, 0.2) is 24.3 Å². The zero-order valence-corrected chi connectivity index (χ0v) is 11.1. The summed E-state index contributed by atoms with van der Waals surface area (Å²) in [5.74, 6) is -0.0769. The maximum absolute atomic E-state index is 11.1. The lowest BCUT2D eigenvalue weighted by Crippen LogP contribution is -2.36. The topological polar surface area (TPSA) is 66.6 Å². The van der Waals surface area contributed by atoms with E-state index in [1.165, 1.54) is 0 Å². The third kappa shape index (κ3) is 4.37. The van der Waals surface area contributed by atoms with E-state index in [-0.39, 0.29) is 24.2 Å². The summed E-state index contributed by atoms with van der Waals surface area (Å²) in [6.45, 7) is 5.21. The number of amides is 1. The van der Waals surface area contributed by atoms with Crippen molar-refractivity contribution < 1.29 is 9.90 Å². The largest absolute Gasteiger partial charge is 0.508 e. The van der Waals surface area contributed by atoms with Gasteiger partial charge in [0.15, 0.2) is 0 Å². The summed E-state index contributed by atoms with van der Waals surface area (Å²) in [6.07, 6.45) is 2.10. The predicted octanol–water partition coefficient (Wildman–Crippen LogP) is 2.04. The van der Waals surface area contributed by atoms with Gasteiger partial charge in [0.25, 0.3) is 0 Å². The third-order valence-corrected chi connectivity index (χ3v) is 3.06. The fraction of sp³-hybridized carbons (Fsp3) is 0.500. The molecule has 0 saturated carbocycles. The van der Waals surface area contributed by atoms with Gasteiger partial charge in [0.2, 0.25) is 5.91 Å². The summed E-state index contributed by atoms with van der Waals surface area (Å²) >= 11 is 0. The Labute approximate surface area is 108 Å². The van der Waals surface area contributed by atoms with Crippen LogP contribution in [0.2, 0.25) is 0 Å². The first kappa shape index (κ1) is 14.5. The second-order valence-electron chi connectivity index (χ2n) is 4.56. The van der Waals surface area contributed by atoms with Crippen molar-refractivity contribution in [1.82, 2.24) is 4.90 Å². The summed E-state index contributed by atoms with van der Waals surface area (Å²) in [5, 5.41) is 9.49. The molecule has 1 atom stereocenters. The highest BCUT2D eigenvalue weighted by Crippen LogP contribution is 2.23. The Morgan fingerprint density at radius 1 is 1.50 bits per heavy atom. The lowest BCUT2D eigenvalue weighted by molar-refractivity contribution is -0.119. The van der Waals surface area contributed by atoms with E-state index >= 15 is 0 Å². The van der Waals surface area contributed by atoms with Crippen LogP contribution in [0.25, 0.3) is 0 Å². The maximum atomic E-state index is 11.1. The van der Waals surface area contributed by atoms with Crippen molar-refractivity contribution in [3.05, 3.63) is 29.8 Å². The molecular weight excluding hydrogens is 228 g/mol. The number of benzene rings is 1. The SMILES string of the molecule is CCCCN(CC(N)=O)C(C)c1cccc(O)c1. The van der Waals surface area contributed by atoms with Crippen LogP contribution in [0.4, 0.5) is 0 Å². The van der Waals surface area contributed by atoms with E-state index in [1.807, 2.05) is 24.0 Å². The number of carbonyl (C=O) groups excluding carboxylic acids is 1. The van der Waals surface area contributed by atoms with Gasteiger partial charge in [-0.05, 0) is 37.6 Å². The highest BCUT2D eigenvalue weighted by atomic mass is 16.3. The van der Waals surface area contributed by atoms with Crippen molar-refractivity contribution in [2.45, 2.75) is 32.7 Å². The Kier molecular flexibility index (Phi) is 5.65. The Morgan fingerprint density at radius 3 is 2.78 bits per heavy atom. The zero-order chi connectivity index (χ0) is 13.5. The molecule has 0 aliphatic carbocycles. The molecule has 4 heteroatoms. The molecule has 1 aromatic rings. The number of hydrogen-bond acceptors (Lipinski definition) is 3. The normalized spacial score (nSPS) is 12.6. The quantitative estimate of drug-likeness (QED) is 0.778. The van der Waals surface area contributed by atoms with Gasteiger partial charge in [-0.2, -0.15) is 0 Å². The first-order valence-electron chi connectivity index (χ1n) is 6.36. The van der Waals surface area contributed by atoms with Crippen LogP contribution in [-0.4, -0.2) is 29.0 Å². The van der Waals surface area contributed by atoms with E-state index in [4.69, 9.17) is 5.73 Å². The van der Waals surface area contributed by atoms with Crippen molar-refractivity contribution in [2.24, 2.45) is 5.73 Å². The highest BCUT2D eigenvalue weighted by molar-refractivity contribution is 5.76. The molecule has 0 heterocycles. The summed E-state index contributed by atoms with van der Waals surface area (Å²) in [4.78, 5) is 13.1. The molecule has 0 fully saturated rings. The van der Waals surface area contributed by atoms with E-state index in [0.29, 0.717) is 0 Å². The van der Waals surface area contributed by atoms with Gasteiger partial charge in [0.1, 0.15) is 5.75 Å². The van der Waals surface area contributed by atoms with Gasteiger partial charge in [0, 0.05) is 6.04 Å². The van der Waals surface area contributed by atoms with E-state index in [1.54, 1.807) is 12.1 Å². The van der Waals surface area contributed by atoms with Crippen LogP contribution >= 0.6 is 0 Å². The van der Waals surface area contributed by atoms with Gasteiger partial charge >= 0.3 is 0 Å². The second kappa shape index (κ2) is 7.01. The molecular formula is C14H22N2O2. The van der Waals surface area contributed by atoms with Gasteiger partial charge in [-0.15, -0.1) is 0 Å². The summed E-state index contributed by atoms with van der Waals surface area (Å²) < 4.78 is 0. The molecule has 0 radical (unpaired) electrons. The van der Waals surface area contributed by atoms with Gasteiger partial charge in [-0.3, -0.25) is 9.69 Å². The minimum atomic E-state index is -0.321. The number of aromatic hydroxyl groups is 1. The summed E-state index contributed by atoms with van der Waals surface area (Å²) in [7, 11) is 0. The van der Waals surface area contributed by atoms with Gasteiger partial charge in [0.05, 0.1) is 6.54 Å². The average Bonchev–Trinajstić information content (AvgIpc) is 2.33. The van der Waals surface area contributed by atoms with Crippen LogP contribution in [-0.2, 0) is 4.79 Å². The van der Waals surface area contributed by atoms with Gasteiger partial charge in [-0.25, -0.2) is 0 Å². The molecule has 1 amide bonds. The van der Waals surface area contributed by atoms with Crippen LogP contribution in [0.3, 0.4) is 0 Å². The molecule has 0 bridgehead atoms. The average molecular weight is 250 g/mol. The maximum Gasteiger partial charge on any atom is 0.231 e. The number of primary amides is 1. The van der Waals surface area contributed by atoms with Gasteiger partial charge < -0.3 is 10.8 Å². The number of phenols is 1.